The molecule has 0 spiro atoms. The van der Waals surface area contributed by atoms with Crippen LogP contribution in [0.4, 0.5) is 18.9 Å². The molecule has 0 saturated carbocycles. The van der Waals surface area contributed by atoms with Crippen LogP contribution in [0.2, 0.25) is 0 Å². The molecule has 1 aliphatic rings. The fourth-order valence-corrected chi connectivity index (χ4v) is 2.89. The second-order valence-electron chi connectivity index (χ2n) is 5.89. The molecule has 21 heavy (non-hydrogen) atoms. The molecule has 1 aromatic carbocycles. The van der Waals surface area contributed by atoms with E-state index in [4.69, 9.17) is 0 Å². The van der Waals surface area contributed by atoms with E-state index in [1.165, 1.54) is 6.07 Å². The third-order valence-electron chi connectivity index (χ3n) is 4.15. The molecule has 0 aromatic heterocycles. The Morgan fingerprint density at radius 3 is 2.67 bits per heavy atom. The fourth-order valence-electron chi connectivity index (χ4n) is 2.89. The van der Waals surface area contributed by atoms with E-state index in [9.17, 15) is 13.2 Å². The van der Waals surface area contributed by atoms with Gasteiger partial charge in [0.25, 0.3) is 0 Å². The van der Waals surface area contributed by atoms with E-state index < -0.39 is 11.7 Å². The first-order valence-corrected chi connectivity index (χ1v) is 7.51. The molecule has 1 heterocycles. The van der Waals surface area contributed by atoms with Gasteiger partial charge in [-0.1, -0.05) is 13.0 Å². The smallest absolute Gasteiger partial charge is 0.372 e. The Balaban J connectivity index is 2.28. The molecule has 5 heteroatoms. The zero-order valence-electron chi connectivity index (χ0n) is 12.6. The molecule has 0 radical (unpaired) electrons. The lowest BCUT2D eigenvalue weighted by Gasteiger charge is -2.25. The quantitative estimate of drug-likeness (QED) is 0.906. The van der Waals surface area contributed by atoms with Crippen LogP contribution in [0.3, 0.4) is 0 Å². The van der Waals surface area contributed by atoms with Crippen LogP contribution in [-0.4, -0.2) is 20.1 Å². The number of halogens is 3. The first kappa shape index (κ1) is 16.1. The molecule has 0 aliphatic carbocycles. The van der Waals surface area contributed by atoms with Crippen LogP contribution in [0.25, 0.3) is 0 Å². The zero-order valence-corrected chi connectivity index (χ0v) is 12.6. The van der Waals surface area contributed by atoms with Crippen molar-refractivity contribution in [3.05, 3.63) is 29.3 Å². The highest BCUT2D eigenvalue weighted by Crippen LogP contribution is 2.35. The Hall–Kier alpha value is -1.23. The molecule has 1 N–H and O–H groups in total. The number of nitrogens with zero attached hydrogens (tertiary/aromatic N) is 1. The van der Waals surface area contributed by atoms with Crippen molar-refractivity contribution in [2.24, 2.45) is 5.92 Å². The molecule has 2 rings (SSSR count). The minimum Gasteiger partial charge on any atom is -0.372 e. The maximum atomic E-state index is 13.2. The van der Waals surface area contributed by atoms with E-state index in [-0.39, 0.29) is 6.54 Å². The fraction of sp³-hybridized carbons (Fsp3) is 0.625. The second-order valence-corrected chi connectivity index (χ2v) is 5.89. The molecule has 118 valence electrons. The Bertz CT molecular complexity index is 471. The number of nitrogens with one attached hydrogen (secondary N) is 1. The third-order valence-corrected chi connectivity index (χ3v) is 4.15. The maximum Gasteiger partial charge on any atom is 0.416 e. The van der Waals surface area contributed by atoms with E-state index in [0.717, 1.165) is 32.4 Å². The van der Waals surface area contributed by atoms with Crippen LogP contribution in [-0.2, 0) is 12.7 Å². The summed E-state index contributed by atoms with van der Waals surface area (Å²) < 4.78 is 39.6. The van der Waals surface area contributed by atoms with Gasteiger partial charge in [-0.05, 0) is 49.9 Å². The Labute approximate surface area is 124 Å². The number of hydrogen-bond acceptors (Lipinski definition) is 2. The van der Waals surface area contributed by atoms with Crippen LogP contribution < -0.4 is 10.2 Å². The van der Waals surface area contributed by atoms with Gasteiger partial charge < -0.3 is 10.2 Å². The second kappa shape index (κ2) is 6.69. The Morgan fingerprint density at radius 1 is 1.24 bits per heavy atom. The summed E-state index contributed by atoms with van der Waals surface area (Å²) in [5, 5.41) is 2.80. The molecule has 1 unspecified atom stereocenters. The lowest BCUT2D eigenvalue weighted by atomic mass is 10.0. The van der Waals surface area contributed by atoms with E-state index in [1.807, 2.05) is 6.07 Å². The highest BCUT2D eigenvalue weighted by Gasteiger charge is 2.33. The van der Waals surface area contributed by atoms with Crippen molar-refractivity contribution in [2.45, 2.75) is 38.9 Å². The molecule has 2 nitrogen and oxygen atoms in total. The molecule has 0 amide bonds. The first-order valence-electron chi connectivity index (χ1n) is 7.51. The van der Waals surface area contributed by atoms with Gasteiger partial charge in [-0.3, -0.25) is 0 Å². The van der Waals surface area contributed by atoms with Gasteiger partial charge >= 0.3 is 6.18 Å². The van der Waals surface area contributed by atoms with Gasteiger partial charge in [0.15, 0.2) is 0 Å². The topological polar surface area (TPSA) is 15.3 Å². The van der Waals surface area contributed by atoms with Crippen molar-refractivity contribution in [2.75, 3.05) is 25.0 Å². The van der Waals surface area contributed by atoms with Crippen molar-refractivity contribution in [1.29, 1.82) is 0 Å². The van der Waals surface area contributed by atoms with Crippen LogP contribution in [0.5, 0.6) is 0 Å². The lowest BCUT2D eigenvalue weighted by molar-refractivity contribution is -0.138. The van der Waals surface area contributed by atoms with Gasteiger partial charge in [-0.15, -0.1) is 0 Å². The predicted octanol–water partition coefficient (Wildman–Crippen LogP) is 4.05. The predicted molar refractivity (Wildman–Crippen MR) is 79.4 cm³/mol. The molecule has 0 bridgehead atoms. The standard InChI is InChI=1S/C16H23F3N2/c1-12-4-3-8-21(9-7-12)14-6-5-13(11-20-2)15(10-14)16(17,18)19/h5-6,10,12,20H,3-4,7-9,11H2,1-2H3. The zero-order chi connectivity index (χ0) is 15.5. The summed E-state index contributed by atoms with van der Waals surface area (Å²) in [6.45, 7) is 4.11. The number of anilines is 1. The van der Waals surface area contributed by atoms with Gasteiger partial charge in [0, 0.05) is 25.3 Å². The van der Waals surface area contributed by atoms with Gasteiger partial charge in [0.1, 0.15) is 0 Å². The molecule has 1 aromatic rings. The van der Waals surface area contributed by atoms with Gasteiger partial charge in [0.05, 0.1) is 5.56 Å². The van der Waals surface area contributed by atoms with E-state index in [2.05, 4.69) is 17.1 Å². The van der Waals surface area contributed by atoms with Crippen molar-refractivity contribution in [1.82, 2.24) is 5.32 Å². The van der Waals surface area contributed by atoms with Crippen LogP contribution >= 0.6 is 0 Å². The van der Waals surface area contributed by atoms with Crippen LogP contribution in [0, 0.1) is 5.92 Å². The van der Waals surface area contributed by atoms with Crippen LogP contribution in [0.1, 0.15) is 37.3 Å². The Kier molecular flexibility index (Phi) is 5.14. The minimum absolute atomic E-state index is 0.228. The van der Waals surface area contributed by atoms with Crippen molar-refractivity contribution in [3.8, 4) is 0 Å². The summed E-state index contributed by atoms with van der Waals surface area (Å²) in [6.07, 6.45) is -1.07. The highest BCUT2D eigenvalue weighted by atomic mass is 19.4. The third kappa shape index (κ3) is 4.13. The molecular weight excluding hydrogens is 277 g/mol. The molecule has 1 aliphatic heterocycles. The van der Waals surface area contributed by atoms with Gasteiger partial charge in [0.2, 0.25) is 0 Å². The van der Waals surface area contributed by atoms with Crippen molar-refractivity contribution >= 4 is 5.69 Å². The normalized spacial score (nSPS) is 20.4. The molecule has 1 saturated heterocycles. The van der Waals surface area contributed by atoms with Gasteiger partial charge in [-0.25, -0.2) is 0 Å². The van der Waals surface area contributed by atoms with E-state index in [1.54, 1.807) is 13.1 Å². The van der Waals surface area contributed by atoms with Crippen molar-refractivity contribution < 1.29 is 13.2 Å². The monoisotopic (exact) mass is 300 g/mol. The molecular formula is C16H23F3N2. The summed E-state index contributed by atoms with van der Waals surface area (Å²) in [4.78, 5) is 2.09. The highest BCUT2D eigenvalue weighted by molar-refractivity contribution is 5.52. The summed E-state index contributed by atoms with van der Waals surface area (Å²) in [6, 6.07) is 4.73. The number of hydrogen-bond donors (Lipinski definition) is 1. The SMILES string of the molecule is CNCc1ccc(N2CCCC(C)CC2)cc1C(F)(F)F. The maximum absolute atomic E-state index is 13.2. The number of rotatable bonds is 3. The summed E-state index contributed by atoms with van der Waals surface area (Å²) in [7, 11) is 1.66. The summed E-state index contributed by atoms with van der Waals surface area (Å²) in [5.74, 6) is 0.653. The molecule has 1 atom stereocenters. The van der Waals surface area contributed by atoms with Gasteiger partial charge in [-0.2, -0.15) is 13.2 Å². The molecule has 1 fully saturated rings. The minimum atomic E-state index is -4.30. The average molecular weight is 300 g/mol. The van der Waals surface area contributed by atoms with Crippen LogP contribution in [0.15, 0.2) is 18.2 Å². The Morgan fingerprint density at radius 2 is 2.00 bits per heavy atom. The van der Waals surface area contributed by atoms with E-state index >= 15 is 0 Å². The largest absolute Gasteiger partial charge is 0.416 e. The summed E-state index contributed by atoms with van der Waals surface area (Å²) in [5.41, 5.74) is 0.472. The number of alkyl halides is 3. The lowest BCUT2D eigenvalue weighted by Crippen LogP contribution is -2.25. The van der Waals surface area contributed by atoms with E-state index in [0.29, 0.717) is 17.2 Å². The summed E-state index contributed by atoms with van der Waals surface area (Å²) >= 11 is 0. The first-order chi connectivity index (χ1) is 9.91. The van der Waals surface area contributed by atoms with Crippen molar-refractivity contribution in [3.63, 3.8) is 0 Å². The number of benzene rings is 1. The average Bonchev–Trinajstić information content (AvgIpc) is 2.63.